The Hall–Kier alpha value is -9.81. The van der Waals surface area contributed by atoms with Crippen LogP contribution >= 0.6 is 34.8 Å². The van der Waals surface area contributed by atoms with Gasteiger partial charge in [-0.25, -0.2) is 4.79 Å². The Bertz CT molecular complexity index is 4880. The Morgan fingerprint density at radius 3 is 1.91 bits per heavy atom. The number of primary amides is 1. The number of hydrogen-bond donors (Lipinski definition) is 20. The molecule has 8 aliphatic rings. The normalized spacial score (nSPS) is 30.7. The maximum atomic E-state index is 16.5. The van der Waals surface area contributed by atoms with Crippen molar-refractivity contribution < 1.29 is 127 Å². The lowest BCUT2D eigenvalue weighted by atomic mass is 9.84. The van der Waals surface area contributed by atoms with E-state index in [9.17, 15) is 65.4 Å². The fraction of sp³-hybridized carbons (Fsp3) is 0.450. The van der Waals surface area contributed by atoms with Gasteiger partial charge in [-0.2, -0.15) is 0 Å². The molecule has 39 heteroatoms. The van der Waals surface area contributed by atoms with E-state index in [-0.39, 0.29) is 59.2 Å². The van der Waals surface area contributed by atoms with Gasteiger partial charge in [0.05, 0.1) is 53.5 Å². The van der Waals surface area contributed by atoms with Crippen LogP contribution in [-0.4, -0.2) is 215 Å². The molecule has 3 fully saturated rings. The quantitative estimate of drug-likeness (QED) is 0.0588. The second-order valence-corrected chi connectivity index (χ2v) is 32.4. The Labute approximate surface area is 695 Å². The lowest BCUT2D eigenvalue weighted by molar-refractivity contribution is -0.334. The number of benzene rings is 6. The number of carbonyl (C=O) groups excluding carboxylic acids is 7. The number of nitrogens with one attached hydrogen (secondary N) is 8. The van der Waals surface area contributed by atoms with Crippen molar-refractivity contribution in [3.8, 4) is 57.1 Å². The Kier molecular flexibility index (Phi) is 26.9. The van der Waals surface area contributed by atoms with E-state index in [1.807, 2.05) is 13.8 Å². The minimum absolute atomic E-state index is 0.116. The molecule has 0 aromatic heterocycles. The molecule has 22 atom stereocenters. The van der Waals surface area contributed by atoms with Crippen LogP contribution < -0.4 is 68.2 Å². The van der Waals surface area contributed by atoms with Gasteiger partial charge in [0.1, 0.15) is 89.5 Å². The number of halogens is 3. The molecule has 6 aromatic rings. The van der Waals surface area contributed by atoms with Crippen LogP contribution in [0.2, 0.25) is 15.1 Å². The molecule has 0 aliphatic carbocycles. The minimum atomic E-state index is -2.39. The smallest absolute Gasteiger partial charge is 0.330 e. The van der Waals surface area contributed by atoms with E-state index in [4.69, 9.17) is 84.2 Å². The van der Waals surface area contributed by atoms with E-state index in [0.717, 1.165) is 54.1 Å². The van der Waals surface area contributed by atoms with Gasteiger partial charge in [0.25, 0.3) is 0 Å². The van der Waals surface area contributed by atoms with Crippen molar-refractivity contribution in [3.63, 3.8) is 0 Å². The van der Waals surface area contributed by atoms with Gasteiger partial charge in [0.15, 0.2) is 36.2 Å². The number of phenols is 3. The molecule has 36 nitrogen and oxygen atoms in total. The van der Waals surface area contributed by atoms with Crippen molar-refractivity contribution in [2.24, 2.45) is 17.4 Å². The van der Waals surface area contributed by atoms with Crippen LogP contribution in [0.5, 0.6) is 46.0 Å². The third-order valence-corrected chi connectivity index (χ3v) is 22.5. The van der Waals surface area contributed by atoms with Gasteiger partial charge in [-0.05, 0) is 142 Å². The molecule has 0 radical (unpaired) electrons. The highest BCUT2D eigenvalue weighted by Gasteiger charge is 2.53. The predicted molar refractivity (Wildman–Crippen MR) is 420 cm³/mol. The summed E-state index contributed by atoms with van der Waals surface area (Å²) in [6, 6.07) is 6.50. The lowest BCUT2D eigenvalue weighted by Crippen LogP contribution is -2.65. The first-order valence-corrected chi connectivity index (χ1v) is 39.1. The number of fused-ring (bicyclic) bond motifs is 15. The summed E-state index contributed by atoms with van der Waals surface area (Å²) in [5, 5.41) is 137. The number of carboxylic acids is 1. The first-order valence-electron chi connectivity index (χ1n) is 38.0. The standard InChI is InChI=1S/C80H93Cl3N10O26/c1-31(2)17-45(86-7)71(104)92-61-63(99)36-12-15-49(43(82)20-36)114-51-22-38-23-52(67(51)119-78-68(65(101)64(100)53(30-94)116-78)118-56-28-80(6,70(103)33(4)113-56)87-29-34-9-8-10-39(81)18-34)115-50-16-13-37(21-44(50)83)66(117-55-27-79(5,85)69(102)32(3)112-55)62-76(109)91-60(77(110)111)42-24-40(95)25-48(97)57(42)41-19-35(11-14-47(41)96)58(73(106)93-62)90-74(107)59(38)89-72(105)46(26-54(84)98)88-75(61)108/h8-16,18-25,31-33,45-46,53,55-56,58-66,68-70,78,86-87,94-97,99-103H,17,26-30,85H2,1-7H3,(H2,84,98)(H,88,108)(H,89,105)(H,90,107)(H,91,109)(H,92,104)(H,93,106)(H,110,111)/t32-,33-,45+,46-,53+,55-,56-,58+,59+,60+,61+,62-,63+,64+,65-,66+,68+,69+,70+,78-,79-,80-/m0/s1. The largest absolute Gasteiger partial charge is 0.508 e. The molecule has 14 rings (SSSR count). The van der Waals surface area contributed by atoms with Crippen LogP contribution in [0.15, 0.2) is 103 Å². The Balaban J connectivity index is 1.10. The second-order valence-electron chi connectivity index (χ2n) is 31.1. The topological polar surface area (TPSA) is 561 Å². The van der Waals surface area contributed by atoms with Crippen molar-refractivity contribution >= 4 is 82.1 Å². The van der Waals surface area contributed by atoms with Crippen molar-refractivity contribution in [2.75, 3.05) is 13.7 Å². The molecule has 6 aromatic carbocycles. The van der Waals surface area contributed by atoms with Crippen LogP contribution in [0.1, 0.15) is 131 Å². The number of aliphatic hydroxyl groups excluding tert-OH is 6. The zero-order valence-corrected chi connectivity index (χ0v) is 67.2. The molecule has 119 heavy (non-hydrogen) atoms. The van der Waals surface area contributed by atoms with Gasteiger partial charge in [0, 0.05) is 58.2 Å². The molecule has 7 amide bonds. The number of aromatic hydroxyl groups is 3. The zero-order chi connectivity index (χ0) is 86.3. The van der Waals surface area contributed by atoms with Crippen molar-refractivity contribution in [1.82, 2.24) is 42.5 Å². The molecule has 0 unspecified atom stereocenters. The van der Waals surface area contributed by atoms with Crippen LogP contribution in [0.4, 0.5) is 0 Å². The maximum absolute atomic E-state index is 16.5. The summed E-state index contributed by atoms with van der Waals surface area (Å²) in [7, 11) is 1.47. The molecule has 0 spiro atoms. The average Bonchev–Trinajstić information content (AvgIpc) is 0.768. The third kappa shape index (κ3) is 19.3. The number of rotatable bonds is 18. The average molecular weight is 1720 g/mol. The van der Waals surface area contributed by atoms with E-state index in [2.05, 4.69) is 42.5 Å². The van der Waals surface area contributed by atoms with E-state index < -0.39 is 261 Å². The van der Waals surface area contributed by atoms with Crippen LogP contribution in [0.25, 0.3) is 11.1 Å². The van der Waals surface area contributed by atoms with Crippen molar-refractivity contribution in [3.05, 3.63) is 152 Å². The zero-order valence-electron chi connectivity index (χ0n) is 65.0. The van der Waals surface area contributed by atoms with Gasteiger partial charge in [0.2, 0.25) is 53.4 Å². The highest BCUT2D eigenvalue weighted by Crippen LogP contribution is 2.51. The number of nitrogens with two attached hydrogens (primary N) is 2. The fourth-order valence-corrected chi connectivity index (χ4v) is 16.0. The Morgan fingerprint density at radius 1 is 0.664 bits per heavy atom. The maximum Gasteiger partial charge on any atom is 0.330 e. The van der Waals surface area contributed by atoms with E-state index in [1.54, 1.807) is 38.1 Å². The molecule has 3 saturated heterocycles. The summed E-state index contributed by atoms with van der Waals surface area (Å²) in [6.45, 7) is 8.99. The number of likely N-dealkylation sites (N-methyl/N-ethyl adjacent to an activating group) is 1. The summed E-state index contributed by atoms with van der Waals surface area (Å²) < 4.78 is 52.6. The summed E-state index contributed by atoms with van der Waals surface area (Å²) in [5.41, 5.74) is 7.69. The van der Waals surface area contributed by atoms with Crippen molar-refractivity contribution in [2.45, 2.75) is 207 Å². The van der Waals surface area contributed by atoms with Gasteiger partial charge in [-0.15, -0.1) is 0 Å². The highest BCUT2D eigenvalue weighted by molar-refractivity contribution is 6.32. The van der Waals surface area contributed by atoms with Crippen LogP contribution in [-0.2, 0) is 68.6 Å². The van der Waals surface area contributed by atoms with E-state index in [1.165, 1.54) is 51.2 Å². The number of carbonyl (C=O) groups is 8. The van der Waals surface area contributed by atoms with Crippen molar-refractivity contribution in [1.29, 1.82) is 0 Å². The van der Waals surface area contributed by atoms with Gasteiger partial charge in [-0.3, -0.25) is 33.6 Å². The Morgan fingerprint density at radius 2 is 1.29 bits per heavy atom. The SMILES string of the molecule is CN[C@H](CC(C)C)C(=O)N[C@H]1C(=O)N[C@@H](CC(N)=O)C(=O)N[C@H]2C(=O)N[C@H]3C(=O)N[C@H](C(=O)N[C@@H](C(=O)O)c4cc(O)cc(O)c4-c4cc3ccc4O)[C@H](O[C@H]3C[C@](C)(N)[C@H](O)[C@H](C)O3)c3ccc(c(Cl)c3)Oc3cc2cc(c3O[C@@H]2O[C@H](CO)[C@@H](O)[C@H](O)[C@H]2O[C@H]2C[C@](C)(NCc3cccc(Cl)c3)[C@H](O)[C@H](C)O2)Oc2ccc(cc2Cl)[C@H]1O. The van der Waals surface area contributed by atoms with Gasteiger partial charge >= 0.3 is 5.97 Å². The molecule has 0 saturated carbocycles. The monoisotopic (exact) mass is 1710 g/mol. The number of amides is 7. The molecule has 8 heterocycles. The number of hydrogen-bond acceptors (Lipinski definition) is 28. The summed E-state index contributed by atoms with van der Waals surface area (Å²) in [4.78, 5) is 120. The van der Waals surface area contributed by atoms with E-state index >= 15 is 24.0 Å². The number of phenolic OH excluding ortho intramolecular Hbond substituents is 3. The summed E-state index contributed by atoms with van der Waals surface area (Å²) >= 11 is 21.0. The third-order valence-electron chi connectivity index (χ3n) is 21.7. The number of carboxylic acid groups (broad SMARTS) is 1. The molecular formula is C80H93Cl3N10O26. The fourth-order valence-electron chi connectivity index (χ4n) is 15.4. The number of aliphatic hydroxyl groups is 6. The lowest BCUT2D eigenvalue weighted by Gasteiger charge is -2.48. The number of aliphatic carboxylic acids is 1. The first kappa shape index (κ1) is 88.5. The molecule has 640 valence electrons. The first-order chi connectivity index (χ1) is 56.2. The predicted octanol–water partition coefficient (Wildman–Crippen LogP) is 2.83. The number of ether oxygens (including phenoxy) is 8. The van der Waals surface area contributed by atoms with Crippen LogP contribution in [0.3, 0.4) is 0 Å². The minimum Gasteiger partial charge on any atom is -0.508 e. The van der Waals surface area contributed by atoms with Crippen LogP contribution in [0, 0.1) is 5.92 Å². The summed E-state index contributed by atoms with van der Waals surface area (Å²) in [6.07, 6.45) is -22.9. The summed E-state index contributed by atoms with van der Waals surface area (Å²) in [5.74, 6) is -16.1. The second kappa shape index (κ2) is 36.2. The molecular weight excluding hydrogens is 1620 g/mol. The van der Waals surface area contributed by atoms with E-state index in [0.29, 0.717) is 5.02 Å². The highest BCUT2D eigenvalue weighted by atomic mass is 35.5. The molecule has 11 bridgehead atoms. The van der Waals surface area contributed by atoms with Gasteiger partial charge in [-0.1, -0.05) is 79.0 Å². The van der Waals surface area contributed by atoms with Gasteiger partial charge < -0.3 is 143 Å². The molecule has 8 aliphatic heterocycles. The molecule has 22 N–H and O–H groups in total.